The van der Waals surface area contributed by atoms with Gasteiger partial charge in [-0.1, -0.05) is 35.8 Å². The van der Waals surface area contributed by atoms with Crippen molar-refractivity contribution >= 4 is 12.7 Å². The van der Waals surface area contributed by atoms with Crippen LogP contribution in [-0.2, 0) is 0 Å². The minimum atomic E-state index is -0.359. The molecule has 1 aromatic rings. The molecule has 12 heavy (non-hydrogen) atoms. The quantitative estimate of drug-likeness (QED) is 0.548. The van der Waals surface area contributed by atoms with E-state index < -0.39 is 0 Å². The molecule has 5 N–H and O–H groups in total. The molecule has 0 bridgehead atoms. The minimum absolute atomic E-state index is 0. The Kier molecular flexibility index (Phi) is 7.84. The summed E-state index contributed by atoms with van der Waals surface area (Å²) in [6.07, 6.45) is 0. The fraction of sp³-hybridized carbons (Fsp3) is 0.250. The first kappa shape index (κ1) is 13.7. The third-order valence-corrected chi connectivity index (χ3v) is 1.23. The minimum Gasteiger partial charge on any atom is -0.412 e. The van der Waals surface area contributed by atoms with E-state index in [0.717, 1.165) is 5.46 Å². The molecular formula is C8H14BO3. The first-order chi connectivity index (χ1) is 4.79. The van der Waals surface area contributed by atoms with Gasteiger partial charge in [0, 0.05) is 6.00 Å². The highest BCUT2D eigenvalue weighted by molar-refractivity contribution is 6.54. The maximum Gasteiger partial charge on any atom is 0.189 e. The van der Waals surface area contributed by atoms with E-state index >= 15 is 0 Å². The Morgan fingerprint density at radius 2 is 1.67 bits per heavy atom. The van der Waals surface area contributed by atoms with Gasteiger partial charge >= 0.3 is 0 Å². The maximum absolute atomic E-state index is 8.95. The van der Waals surface area contributed by atoms with E-state index in [-0.39, 0.29) is 17.0 Å². The Hall–Kier alpha value is -0.835. The summed E-state index contributed by atoms with van der Waals surface area (Å²) in [4.78, 5) is 0. The van der Waals surface area contributed by atoms with Gasteiger partial charge in [0.25, 0.3) is 0 Å². The van der Waals surface area contributed by atoms with Crippen molar-refractivity contribution in [2.24, 2.45) is 0 Å². The zero-order chi connectivity index (χ0) is 7.40. The van der Waals surface area contributed by atoms with Crippen molar-refractivity contribution in [3.8, 4) is 0 Å². The second-order valence-corrected chi connectivity index (χ2v) is 2.32. The summed E-state index contributed by atoms with van der Waals surface area (Å²) in [5.74, 6) is 0. The van der Waals surface area contributed by atoms with Crippen LogP contribution in [0.2, 0.25) is 0 Å². The molecule has 0 amide bonds. The molecule has 67 valence electrons. The summed E-state index contributed by atoms with van der Waals surface area (Å²) >= 11 is 0. The second-order valence-electron chi connectivity index (χ2n) is 2.32. The van der Waals surface area contributed by atoms with Crippen molar-refractivity contribution in [2.75, 3.05) is 0 Å². The number of aliphatic hydroxyl groups is 1. The van der Waals surface area contributed by atoms with Crippen LogP contribution in [0.5, 0.6) is 0 Å². The van der Waals surface area contributed by atoms with E-state index in [9.17, 15) is 0 Å². The van der Waals surface area contributed by atoms with Crippen LogP contribution in [0.4, 0.5) is 0 Å². The first-order valence-corrected chi connectivity index (χ1v) is 3.37. The van der Waals surface area contributed by atoms with Gasteiger partial charge < -0.3 is 16.1 Å². The van der Waals surface area contributed by atoms with E-state index in [1.165, 1.54) is 0 Å². The van der Waals surface area contributed by atoms with Gasteiger partial charge in [-0.25, -0.2) is 0 Å². The van der Waals surface area contributed by atoms with Gasteiger partial charge in [0.1, 0.15) is 0 Å². The third-order valence-electron chi connectivity index (χ3n) is 1.23. The lowest BCUT2D eigenvalue weighted by molar-refractivity contribution is 0.274. The zero-order valence-corrected chi connectivity index (χ0v) is 6.99. The molecule has 3 nitrogen and oxygen atoms in total. The molecule has 1 atom stereocenters. The molecule has 0 heterocycles. The van der Waals surface area contributed by atoms with E-state index in [1.54, 1.807) is 14.2 Å². The lowest BCUT2D eigenvalue weighted by atomic mass is 9.66. The van der Waals surface area contributed by atoms with Crippen molar-refractivity contribution in [3.05, 3.63) is 30.3 Å². The Labute approximate surface area is 72.9 Å². The molecule has 1 unspecified atom stereocenters. The smallest absolute Gasteiger partial charge is 0.189 e. The predicted octanol–water partition coefficient (Wildman–Crippen LogP) is -1.30. The summed E-state index contributed by atoms with van der Waals surface area (Å²) in [5.41, 5.74) is 1.07. The van der Waals surface area contributed by atoms with E-state index in [2.05, 4.69) is 0 Å². The zero-order valence-electron chi connectivity index (χ0n) is 6.99. The molecule has 0 saturated heterocycles. The summed E-state index contributed by atoms with van der Waals surface area (Å²) in [5, 5.41) is 8.95. The summed E-state index contributed by atoms with van der Waals surface area (Å²) < 4.78 is 0. The second kappa shape index (κ2) is 6.85. The van der Waals surface area contributed by atoms with Crippen molar-refractivity contribution in [2.45, 2.75) is 12.9 Å². The summed E-state index contributed by atoms with van der Waals surface area (Å²) in [7, 11) is 1.81. The molecule has 4 heteroatoms. The van der Waals surface area contributed by atoms with Gasteiger partial charge in [-0.3, -0.25) is 0 Å². The number of benzene rings is 1. The molecular weight excluding hydrogens is 155 g/mol. The topological polar surface area (TPSA) is 83.2 Å². The van der Waals surface area contributed by atoms with Crippen LogP contribution in [0, 0.1) is 0 Å². The Bertz CT molecular complexity index is 189. The van der Waals surface area contributed by atoms with Crippen LogP contribution in [0.1, 0.15) is 6.92 Å². The van der Waals surface area contributed by atoms with Gasteiger partial charge in [-0.15, -0.1) is 0 Å². The van der Waals surface area contributed by atoms with Gasteiger partial charge in [-0.2, -0.15) is 0 Å². The van der Waals surface area contributed by atoms with Gasteiger partial charge in [0.15, 0.2) is 7.28 Å². The lowest BCUT2D eigenvalue weighted by Crippen LogP contribution is -2.24. The SMILES string of the molecule is CC(O)[B]c1ccccc1.O.O. The van der Waals surface area contributed by atoms with Crippen LogP contribution in [0.3, 0.4) is 0 Å². The van der Waals surface area contributed by atoms with Gasteiger partial charge in [0.05, 0.1) is 0 Å². The molecule has 0 aliphatic carbocycles. The highest BCUT2D eigenvalue weighted by Gasteiger charge is 1.98. The molecule has 0 spiro atoms. The monoisotopic (exact) mass is 169 g/mol. The average Bonchev–Trinajstić information content (AvgIpc) is 1.88. The fourth-order valence-corrected chi connectivity index (χ4v) is 0.843. The van der Waals surface area contributed by atoms with Crippen molar-refractivity contribution < 1.29 is 16.1 Å². The Balaban J connectivity index is 0. The van der Waals surface area contributed by atoms with Crippen molar-refractivity contribution in [1.29, 1.82) is 0 Å². The number of hydrogen-bond donors (Lipinski definition) is 1. The third kappa shape index (κ3) is 4.90. The predicted molar refractivity (Wildman–Crippen MR) is 50.7 cm³/mol. The maximum atomic E-state index is 8.95. The van der Waals surface area contributed by atoms with E-state index in [0.29, 0.717) is 0 Å². The molecule has 0 aromatic heterocycles. The van der Waals surface area contributed by atoms with Crippen LogP contribution < -0.4 is 5.46 Å². The van der Waals surface area contributed by atoms with Crippen LogP contribution in [-0.4, -0.2) is 29.3 Å². The van der Waals surface area contributed by atoms with E-state index in [1.807, 2.05) is 30.3 Å². The molecule has 0 saturated carbocycles. The molecule has 0 aliphatic heterocycles. The van der Waals surface area contributed by atoms with Crippen LogP contribution >= 0.6 is 0 Å². The number of rotatable bonds is 2. The molecule has 1 aromatic carbocycles. The number of hydrogen-bond acceptors (Lipinski definition) is 1. The average molecular weight is 169 g/mol. The lowest BCUT2D eigenvalue weighted by Gasteiger charge is -1.99. The largest absolute Gasteiger partial charge is 0.412 e. The molecule has 1 rings (SSSR count). The summed E-state index contributed by atoms with van der Waals surface area (Å²) in [6.45, 7) is 1.74. The van der Waals surface area contributed by atoms with Crippen LogP contribution in [0.25, 0.3) is 0 Å². The van der Waals surface area contributed by atoms with Crippen molar-refractivity contribution in [1.82, 2.24) is 0 Å². The Morgan fingerprint density at radius 3 is 2.08 bits per heavy atom. The highest BCUT2D eigenvalue weighted by Crippen LogP contribution is 1.83. The van der Waals surface area contributed by atoms with Gasteiger partial charge in [0.2, 0.25) is 0 Å². The van der Waals surface area contributed by atoms with Gasteiger partial charge in [-0.05, 0) is 6.92 Å². The Morgan fingerprint density at radius 1 is 1.17 bits per heavy atom. The van der Waals surface area contributed by atoms with Crippen LogP contribution in [0.15, 0.2) is 30.3 Å². The molecule has 0 aliphatic rings. The first-order valence-electron chi connectivity index (χ1n) is 3.37. The fourth-order valence-electron chi connectivity index (χ4n) is 0.843. The molecule has 0 fully saturated rings. The van der Waals surface area contributed by atoms with Crippen molar-refractivity contribution in [3.63, 3.8) is 0 Å². The number of aliphatic hydroxyl groups excluding tert-OH is 1. The van der Waals surface area contributed by atoms with E-state index in [4.69, 9.17) is 5.11 Å². The normalized spacial score (nSPS) is 10.5. The molecule has 1 radical (unpaired) electrons. The highest BCUT2D eigenvalue weighted by atomic mass is 16.3. The summed E-state index contributed by atoms with van der Waals surface area (Å²) in [6, 6.07) is 9.43. The standard InChI is InChI=1S/C8H10BO.2H2O/c1-7(10)9-8-5-3-2-4-6-8;;/h2-7,10H,1H3;2*1H2.